The van der Waals surface area contributed by atoms with Crippen LogP contribution in [0, 0.1) is 0 Å². The second kappa shape index (κ2) is 6.26. The van der Waals surface area contributed by atoms with Gasteiger partial charge in [-0.1, -0.05) is 43.3 Å². The zero-order valence-electron chi connectivity index (χ0n) is 10.3. The monoisotopic (exact) mass is 257 g/mol. The van der Waals surface area contributed by atoms with Crippen molar-refractivity contribution in [3.63, 3.8) is 0 Å². The molecule has 3 heteroatoms. The van der Waals surface area contributed by atoms with Gasteiger partial charge < -0.3 is 0 Å². The van der Waals surface area contributed by atoms with Crippen LogP contribution in [0.4, 0.5) is 0 Å². The van der Waals surface area contributed by atoms with Crippen molar-refractivity contribution in [1.82, 2.24) is 4.98 Å². The molecule has 0 N–H and O–H groups in total. The fourth-order valence-corrected chi connectivity index (χ4v) is 2.40. The molecule has 0 fully saturated rings. The van der Waals surface area contributed by atoms with Gasteiger partial charge >= 0.3 is 0 Å². The Morgan fingerprint density at radius 1 is 1.33 bits per heavy atom. The van der Waals surface area contributed by atoms with Gasteiger partial charge in [-0.25, -0.2) is 4.98 Å². The number of nitrogens with zero attached hydrogens (tertiary/aromatic N) is 1. The summed E-state index contributed by atoms with van der Waals surface area (Å²) in [5, 5.41) is 2.88. The Bertz CT molecular complexity index is 543. The van der Waals surface area contributed by atoms with Crippen molar-refractivity contribution in [2.75, 3.05) is 0 Å². The second-order valence-electron chi connectivity index (χ2n) is 3.95. The molecule has 0 radical (unpaired) electrons. The molecule has 1 heterocycles. The Morgan fingerprint density at radius 2 is 2.11 bits per heavy atom. The first kappa shape index (κ1) is 12.7. The summed E-state index contributed by atoms with van der Waals surface area (Å²) in [5.41, 5.74) is 2.04. The van der Waals surface area contributed by atoms with Crippen molar-refractivity contribution in [2.24, 2.45) is 0 Å². The van der Waals surface area contributed by atoms with Gasteiger partial charge in [-0.05, 0) is 12.5 Å². The maximum atomic E-state index is 11.6. The number of aromatic nitrogens is 1. The van der Waals surface area contributed by atoms with Crippen LogP contribution in [0.1, 0.15) is 18.4 Å². The Balaban J connectivity index is 2.07. The molecule has 0 aliphatic heterocycles. The van der Waals surface area contributed by atoms with E-state index in [-0.39, 0.29) is 5.78 Å². The van der Waals surface area contributed by atoms with Gasteiger partial charge in [0.15, 0.2) is 5.78 Å². The number of hydrogen-bond donors (Lipinski definition) is 0. The van der Waals surface area contributed by atoms with Crippen molar-refractivity contribution in [2.45, 2.75) is 19.8 Å². The van der Waals surface area contributed by atoms with E-state index in [2.05, 4.69) is 4.98 Å². The average molecular weight is 257 g/mol. The molecule has 2 rings (SSSR count). The molecule has 0 aliphatic carbocycles. The van der Waals surface area contributed by atoms with E-state index in [0.29, 0.717) is 6.42 Å². The summed E-state index contributed by atoms with van der Waals surface area (Å²) in [6, 6.07) is 10.0. The zero-order chi connectivity index (χ0) is 12.8. The molecule has 0 spiro atoms. The molecule has 0 saturated heterocycles. The highest BCUT2D eigenvalue weighted by molar-refractivity contribution is 7.10. The topological polar surface area (TPSA) is 30.0 Å². The molecule has 18 heavy (non-hydrogen) atoms. The second-order valence-corrected chi connectivity index (χ2v) is 4.89. The molecule has 2 aromatic rings. The highest BCUT2D eigenvalue weighted by Crippen LogP contribution is 2.21. The van der Waals surface area contributed by atoms with Crippen LogP contribution in [0.3, 0.4) is 0 Å². The number of ketones is 1. The first-order valence-corrected chi connectivity index (χ1v) is 6.86. The van der Waals surface area contributed by atoms with Crippen molar-refractivity contribution >= 4 is 17.1 Å². The van der Waals surface area contributed by atoms with Crippen LogP contribution in [-0.4, -0.2) is 10.8 Å². The van der Waals surface area contributed by atoms with Crippen LogP contribution < -0.4 is 0 Å². The molecule has 0 bridgehead atoms. The minimum Gasteiger partial charge on any atom is -0.294 e. The molecule has 0 aliphatic rings. The van der Waals surface area contributed by atoms with Gasteiger partial charge in [0, 0.05) is 10.9 Å². The molecule has 1 aromatic carbocycles. The van der Waals surface area contributed by atoms with Gasteiger partial charge in [-0.2, -0.15) is 0 Å². The van der Waals surface area contributed by atoms with Crippen molar-refractivity contribution < 1.29 is 4.79 Å². The number of carbonyl (C=O) groups is 1. The SMILES string of the molecule is CC/C=C/C(=O)Cc1nc(-c2ccccc2)cs1. The van der Waals surface area contributed by atoms with Crippen LogP contribution in [0.5, 0.6) is 0 Å². The van der Waals surface area contributed by atoms with E-state index in [9.17, 15) is 4.79 Å². The first-order chi connectivity index (χ1) is 8.79. The van der Waals surface area contributed by atoms with E-state index in [4.69, 9.17) is 0 Å². The standard InChI is InChI=1S/C15H15NOS/c1-2-3-9-13(17)10-15-16-14(11-18-15)12-7-5-4-6-8-12/h3-9,11H,2,10H2,1H3/b9-3+. The maximum Gasteiger partial charge on any atom is 0.162 e. The van der Waals surface area contributed by atoms with Crippen LogP contribution in [0.15, 0.2) is 47.9 Å². The third-order valence-corrected chi connectivity index (χ3v) is 3.34. The number of allylic oxidation sites excluding steroid dienone is 2. The van der Waals surface area contributed by atoms with Crippen LogP contribution in [0.25, 0.3) is 11.3 Å². The zero-order valence-corrected chi connectivity index (χ0v) is 11.1. The first-order valence-electron chi connectivity index (χ1n) is 5.98. The summed E-state index contributed by atoms with van der Waals surface area (Å²) >= 11 is 1.54. The number of rotatable bonds is 5. The molecular formula is C15H15NOS. The fraction of sp³-hybridized carbons (Fsp3) is 0.200. The van der Waals surface area contributed by atoms with E-state index in [1.54, 1.807) is 17.4 Å². The quantitative estimate of drug-likeness (QED) is 0.761. The number of thiazole rings is 1. The lowest BCUT2D eigenvalue weighted by atomic mass is 10.2. The largest absolute Gasteiger partial charge is 0.294 e. The van der Waals surface area contributed by atoms with Crippen LogP contribution >= 0.6 is 11.3 Å². The number of benzene rings is 1. The summed E-state index contributed by atoms with van der Waals surface area (Å²) < 4.78 is 0. The predicted octanol–water partition coefficient (Wildman–Crippen LogP) is 3.89. The molecule has 0 amide bonds. The van der Waals surface area contributed by atoms with Crippen molar-refractivity contribution in [1.29, 1.82) is 0 Å². The fourth-order valence-electron chi connectivity index (χ4n) is 1.59. The van der Waals surface area contributed by atoms with E-state index in [0.717, 1.165) is 22.7 Å². The summed E-state index contributed by atoms with van der Waals surface area (Å²) in [5.74, 6) is 0.116. The van der Waals surface area contributed by atoms with Gasteiger partial charge in [-0.3, -0.25) is 4.79 Å². The smallest absolute Gasteiger partial charge is 0.162 e. The van der Waals surface area contributed by atoms with Crippen molar-refractivity contribution in [3.05, 3.63) is 52.9 Å². The Labute approximate surface area is 111 Å². The van der Waals surface area contributed by atoms with Crippen molar-refractivity contribution in [3.8, 4) is 11.3 Å². The summed E-state index contributed by atoms with van der Waals surface area (Å²) in [4.78, 5) is 16.1. The van der Waals surface area contributed by atoms with Crippen LogP contribution in [-0.2, 0) is 11.2 Å². The van der Waals surface area contributed by atoms with E-state index < -0.39 is 0 Å². The van der Waals surface area contributed by atoms with E-state index in [1.807, 2.05) is 48.7 Å². The molecule has 92 valence electrons. The lowest BCUT2D eigenvalue weighted by Crippen LogP contribution is -1.97. The molecule has 2 nitrogen and oxygen atoms in total. The van der Waals surface area contributed by atoms with Gasteiger partial charge in [0.05, 0.1) is 12.1 Å². The highest BCUT2D eigenvalue weighted by Gasteiger charge is 2.06. The minimum absolute atomic E-state index is 0.116. The molecular weight excluding hydrogens is 242 g/mol. The molecule has 0 saturated carbocycles. The molecule has 1 aromatic heterocycles. The van der Waals surface area contributed by atoms with Gasteiger partial charge in [-0.15, -0.1) is 11.3 Å². The average Bonchev–Trinajstić information content (AvgIpc) is 2.86. The Hall–Kier alpha value is -1.74. The van der Waals surface area contributed by atoms with E-state index >= 15 is 0 Å². The number of carbonyl (C=O) groups excluding carboxylic acids is 1. The van der Waals surface area contributed by atoms with Gasteiger partial charge in [0.2, 0.25) is 0 Å². The third-order valence-electron chi connectivity index (χ3n) is 2.49. The third kappa shape index (κ3) is 3.37. The molecule has 0 atom stereocenters. The molecule has 0 unspecified atom stereocenters. The summed E-state index contributed by atoms with van der Waals surface area (Å²) in [6.45, 7) is 2.01. The lowest BCUT2D eigenvalue weighted by molar-refractivity contribution is -0.114. The lowest BCUT2D eigenvalue weighted by Gasteiger charge is -1.94. The summed E-state index contributed by atoms with van der Waals surface area (Å²) in [7, 11) is 0. The highest BCUT2D eigenvalue weighted by atomic mass is 32.1. The number of hydrogen-bond acceptors (Lipinski definition) is 3. The Kier molecular flexibility index (Phi) is 4.42. The predicted molar refractivity (Wildman–Crippen MR) is 75.7 cm³/mol. The normalized spacial score (nSPS) is 10.9. The van der Waals surface area contributed by atoms with Gasteiger partial charge in [0.1, 0.15) is 5.01 Å². The maximum absolute atomic E-state index is 11.6. The summed E-state index contributed by atoms with van der Waals surface area (Å²) in [6.07, 6.45) is 4.81. The minimum atomic E-state index is 0.116. The van der Waals surface area contributed by atoms with E-state index in [1.165, 1.54) is 0 Å². The van der Waals surface area contributed by atoms with Gasteiger partial charge in [0.25, 0.3) is 0 Å². The Morgan fingerprint density at radius 3 is 2.83 bits per heavy atom. The van der Waals surface area contributed by atoms with Crippen LogP contribution in [0.2, 0.25) is 0 Å².